The lowest BCUT2D eigenvalue weighted by Gasteiger charge is -2.26. The van der Waals surface area contributed by atoms with E-state index in [9.17, 15) is 13.2 Å². The lowest BCUT2D eigenvalue weighted by Crippen LogP contribution is -2.39. The van der Waals surface area contributed by atoms with Gasteiger partial charge in [0.05, 0.1) is 6.10 Å². The Bertz CT molecular complexity index is 500. The number of aromatic nitrogens is 2. The molecule has 3 atom stereocenters. The molecule has 7 heteroatoms. The van der Waals surface area contributed by atoms with Gasteiger partial charge in [0.15, 0.2) is 5.69 Å². The van der Waals surface area contributed by atoms with Crippen molar-refractivity contribution in [1.29, 1.82) is 0 Å². The van der Waals surface area contributed by atoms with Crippen molar-refractivity contribution in [3.8, 4) is 0 Å². The highest BCUT2D eigenvalue weighted by Gasteiger charge is 2.36. The summed E-state index contributed by atoms with van der Waals surface area (Å²) >= 11 is 0. The molecule has 0 bridgehead atoms. The molecule has 4 nitrogen and oxygen atoms in total. The Kier molecular flexibility index (Phi) is 3.96. The average Bonchev–Trinajstić information content (AvgIpc) is 3.01. The predicted octanol–water partition coefficient (Wildman–Crippen LogP) is 2.23. The van der Waals surface area contributed by atoms with Crippen LogP contribution in [-0.2, 0) is 23.9 Å². The molecule has 1 N–H and O–H groups in total. The first kappa shape index (κ1) is 14.8. The van der Waals surface area contributed by atoms with Crippen molar-refractivity contribution in [2.45, 2.75) is 51.1 Å². The Morgan fingerprint density at radius 3 is 2.90 bits per heavy atom. The van der Waals surface area contributed by atoms with Gasteiger partial charge in [-0.15, -0.1) is 0 Å². The molecule has 0 saturated carbocycles. The molecule has 0 spiro atoms. The van der Waals surface area contributed by atoms with Crippen LogP contribution in [0, 0.1) is 5.92 Å². The second kappa shape index (κ2) is 5.61. The molecule has 1 saturated heterocycles. The minimum absolute atomic E-state index is 0.217. The Labute approximate surface area is 121 Å². The van der Waals surface area contributed by atoms with Gasteiger partial charge in [-0.25, -0.2) is 4.98 Å². The van der Waals surface area contributed by atoms with Crippen molar-refractivity contribution >= 4 is 0 Å². The Morgan fingerprint density at radius 1 is 1.43 bits per heavy atom. The highest BCUT2D eigenvalue weighted by atomic mass is 19.4. The summed E-state index contributed by atoms with van der Waals surface area (Å²) in [5.74, 6) is 0.900. The van der Waals surface area contributed by atoms with Crippen LogP contribution in [0.25, 0.3) is 0 Å². The summed E-state index contributed by atoms with van der Waals surface area (Å²) in [6.45, 7) is 4.25. The first-order chi connectivity index (χ1) is 9.93. The molecule has 1 fully saturated rings. The van der Waals surface area contributed by atoms with E-state index in [1.165, 1.54) is 0 Å². The van der Waals surface area contributed by atoms with Crippen LogP contribution in [0.1, 0.15) is 31.3 Å². The molecule has 1 aromatic rings. The number of alkyl halides is 3. The van der Waals surface area contributed by atoms with Crippen molar-refractivity contribution in [2.24, 2.45) is 5.92 Å². The number of hydrogen-bond donors (Lipinski definition) is 1. The highest BCUT2D eigenvalue weighted by Crippen LogP contribution is 2.30. The number of hydrogen-bond acceptors (Lipinski definition) is 3. The van der Waals surface area contributed by atoms with Crippen LogP contribution in [-0.4, -0.2) is 34.8 Å². The molecule has 0 aliphatic carbocycles. The number of ether oxygens (including phenoxy) is 1. The summed E-state index contributed by atoms with van der Waals surface area (Å²) in [6.07, 6.45) is -0.503. The highest BCUT2D eigenvalue weighted by molar-refractivity contribution is 5.10. The van der Waals surface area contributed by atoms with Gasteiger partial charge in [-0.2, -0.15) is 13.2 Å². The molecular formula is C14H20F3N3O. The third-order valence-corrected chi connectivity index (χ3v) is 4.43. The first-order valence-electron chi connectivity index (χ1n) is 7.41. The van der Waals surface area contributed by atoms with E-state index >= 15 is 0 Å². The topological polar surface area (TPSA) is 39.1 Å². The molecule has 0 aromatic carbocycles. The van der Waals surface area contributed by atoms with Crippen LogP contribution in [0.5, 0.6) is 0 Å². The van der Waals surface area contributed by atoms with Crippen molar-refractivity contribution in [2.75, 3.05) is 13.2 Å². The van der Waals surface area contributed by atoms with Gasteiger partial charge in [-0.1, -0.05) is 0 Å². The minimum Gasteiger partial charge on any atom is -0.377 e. The fourth-order valence-electron chi connectivity index (χ4n) is 3.14. The SMILES string of the molecule is C[C@@H]1OCC[C@@H]1NC[C@@H]1CCc2nc(C(F)(F)F)cn2C1. The zero-order valence-corrected chi connectivity index (χ0v) is 12.0. The van der Waals surface area contributed by atoms with Crippen LogP contribution in [0.4, 0.5) is 13.2 Å². The fourth-order valence-corrected chi connectivity index (χ4v) is 3.14. The number of nitrogens with one attached hydrogen (secondary N) is 1. The van der Waals surface area contributed by atoms with Crippen molar-refractivity contribution in [3.05, 3.63) is 17.7 Å². The third kappa shape index (κ3) is 3.23. The van der Waals surface area contributed by atoms with E-state index in [4.69, 9.17) is 4.74 Å². The van der Waals surface area contributed by atoms with Gasteiger partial charge in [-0.3, -0.25) is 0 Å². The van der Waals surface area contributed by atoms with E-state index in [2.05, 4.69) is 17.2 Å². The maximum atomic E-state index is 12.7. The molecule has 2 aliphatic rings. The number of halogens is 3. The lowest BCUT2D eigenvalue weighted by molar-refractivity contribution is -0.141. The van der Waals surface area contributed by atoms with Crippen LogP contribution in [0.2, 0.25) is 0 Å². The minimum atomic E-state index is -4.35. The van der Waals surface area contributed by atoms with Gasteiger partial charge in [0, 0.05) is 38.4 Å². The van der Waals surface area contributed by atoms with E-state index in [-0.39, 0.29) is 6.10 Å². The van der Waals surface area contributed by atoms with Gasteiger partial charge >= 0.3 is 6.18 Å². The Morgan fingerprint density at radius 2 is 2.24 bits per heavy atom. The van der Waals surface area contributed by atoms with Crippen LogP contribution < -0.4 is 5.32 Å². The number of aryl methyl sites for hydroxylation is 1. The lowest BCUT2D eigenvalue weighted by atomic mass is 9.98. The van der Waals surface area contributed by atoms with E-state index in [1.807, 2.05) is 0 Å². The molecule has 0 amide bonds. The quantitative estimate of drug-likeness (QED) is 0.931. The van der Waals surface area contributed by atoms with Crippen LogP contribution in [0.3, 0.4) is 0 Å². The summed E-state index contributed by atoms with van der Waals surface area (Å²) in [5.41, 5.74) is -0.774. The van der Waals surface area contributed by atoms with Crippen molar-refractivity contribution in [1.82, 2.24) is 14.9 Å². The van der Waals surface area contributed by atoms with Gasteiger partial charge in [0.2, 0.25) is 0 Å². The summed E-state index contributed by atoms with van der Waals surface area (Å²) in [4.78, 5) is 3.70. The zero-order chi connectivity index (χ0) is 15.0. The maximum Gasteiger partial charge on any atom is 0.434 e. The molecule has 0 radical (unpaired) electrons. The molecule has 1 aromatic heterocycles. The molecule has 21 heavy (non-hydrogen) atoms. The third-order valence-electron chi connectivity index (χ3n) is 4.43. The fraction of sp³-hybridized carbons (Fsp3) is 0.786. The number of rotatable bonds is 3. The largest absolute Gasteiger partial charge is 0.434 e. The summed E-state index contributed by atoms with van der Waals surface area (Å²) in [7, 11) is 0. The number of fused-ring (bicyclic) bond motifs is 1. The molecule has 3 rings (SSSR count). The zero-order valence-electron chi connectivity index (χ0n) is 12.0. The van der Waals surface area contributed by atoms with Gasteiger partial charge in [0.1, 0.15) is 5.82 Å². The van der Waals surface area contributed by atoms with Crippen LogP contribution in [0.15, 0.2) is 6.20 Å². The number of imidazole rings is 1. The molecular weight excluding hydrogens is 283 g/mol. The van der Waals surface area contributed by atoms with Crippen molar-refractivity contribution < 1.29 is 17.9 Å². The average molecular weight is 303 g/mol. The molecule has 2 aliphatic heterocycles. The van der Waals surface area contributed by atoms with E-state index in [0.717, 1.165) is 32.2 Å². The second-order valence-electron chi connectivity index (χ2n) is 5.98. The number of nitrogens with zero attached hydrogens (tertiary/aromatic N) is 2. The van der Waals surface area contributed by atoms with Crippen molar-refractivity contribution in [3.63, 3.8) is 0 Å². The van der Waals surface area contributed by atoms with Gasteiger partial charge < -0.3 is 14.6 Å². The maximum absolute atomic E-state index is 12.7. The standard InChI is InChI=1S/C14H20F3N3O/c1-9-11(4-5-21-9)18-6-10-2-3-13-19-12(14(15,16)17)8-20(13)7-10/h8-11,18H,2-7H2,1H3/t9-,10-,11-/m0/s1. The second-order valence-corrected chi connectivity index (χ2v) is 5.98. The Hall–Kier alpha value is -1.08. The normalized spacial score (nSPS) is 29.6. The van der Waals surface area contributed by atoms with Gasteiger partial charge in [-0.05, 0) is 25.7 Å². The Balaban J connectivity index is 1.58. The van der Waals surface area contributed by atoms with Crippen LogP contribution >= 0.6 is 0 Å². The van der Waals surface area contributed by atoms with Gasteiger partial charge in [0.25, 0.3) is 0 Å². The smallest absolute Gasteiger partial charge is 0.377 e. The summed E-state index contributed by atoms with van der Waals surface area (Å²) in [5, 5.41) is 3.49. The van der Waals surface area contributed by atoms with E-state index in [1.54, 1.807) is 4.57 Å². The summed E-state index contributed by atoms with van der Waals surface area (Å²) in [6, 6.07) is 0.361. The molecule has 0 unspecified atom stereocenters. The predicted molar refractivity (Wildman–Crippen MR) is 70.9 cm³/mol. The molecule has 3 heterocycles. The summed E-state index contributed by atoms with van der Waals surface area (Å²) < 4.78 is 45.2. The first-order valence-corrected chi connectivity index (χ1v) is 7.41. The molecule has 118 valence electrons. The van der Waals surface area contributed by atoms with E-state index in [0.29, 0.717) is 30.7 Å². The van der Waals surface area contributed by atoms with E-state index < -0.39 is 11.9 Å². The monoisotopic (exact) mass is 303 g/mol.